The van der Waals surface area contributed by atoms with E-state index < -0.39 is 0 Å². The Morgan fingerprint density at radius 3 is 2.76 bits per heavy atom. The molecule has 1 heterocycles. The van der Waals surface area contributed by atoms with Gasteiger partial charge in [-0.15, -0.1) is 0 Å². The van der Waals surface area contributed by atoms with Crippen LogP contribution in [0.5, 0.6) is 5.75 Å². The van der Waals surface area contributed by atoms with Gasteiger partial charge in [0.15, 0.2) is 5.58 Å². The van der Waals surface area contributed by atoms with Gasteiger partial charge in [-0.25, -0.2) is 0 Å². The Morgan fingerprint density at radius 2 is 2.00 bits per heavy atom. The lowest BCUT2D eigenvalue weighted by molar-refractivity contribution is 0.306. The number of aryl methyl sites for hydroxylation is 1. The van der Waals surface area contributed by atoms with Gasteiger partial charge < -0.3 is 9.26 Å². The van der Waals surface area contributed by atoms with E-state index in [1.807, 2.05) is 36.4 Å². The largest absolute Gasteiger partial charge is 0.487 e. The Morgan fingerprint density at radius 1 is 1.19 bits per heavy atom. The third-order valence-electron chi connectivity index (χ3n) is 3.17. The van der Waals surface area contributed by atoms with Crippen molar-refractivity contribution in [3.8, 4) is 5.75 Å². The normalized spacial score (nSPS) is 11.0. The molecule has 3 rings (SSSR count). The van der Waals surface area contributed by atoms with Gasteiger partial charge in [-0.2, -0.15) is 0 Å². The molecule has 21 heavy (non-hydrogen) atoms. The predicted octanol–water partition coefficient (Wildman–Crippen LogP) is 5.00. The molecule has 0 radical (unpaired) electrons. The van der Waals surface area contributed by atoms with Crippen LogP contribution >= 0.6 is 27.5 Å². The van der Waals surface area contributed by atoms with E-state index in [4.69, 9.17) is 20.9 Å². The molecular weight excluding hydrogens is 354 g/mol. The Balaban J connectivity index is 1.84. The van der Waals surface area contributed by atoms with Gasteiger partial charge >= 0.3 is 0 Å². The molecule has 0 atom stereocenters. The van der Waals surface area contributed by atoms with Crippen molar-refractivity contribution in [2.45, 2.75) is 13.0 Å². The Hall–Kier alpha value is -1.52. The highest BCUT2D eigenvalue weighted by Crippen LogP contribution is 2.32. The van der Waals surface area contributed by atoms with Crippen LogP contribution in [0.3, 0.4) is 0 Å². The number of aromatic nitrogens is 1. The smallest absolute Gasteiger partial charge is 0.170 e. The molecule has 3 aromatic rings. The number of fused-ring (bicyclic) bond motifs is 1. The predicted molar refractivity (Wildman–Crippen MR) is 87.3 cm³/mol. The average Bonchev–Trinajstić information content (AvgIpc) is 2.88. The molecule has 1 aromatic heterocycles. The van der Waals surface area contributed by atoms with Crippen molar-refractivity contribution >= 4 is 38.5 Å². The fraction of sp³-hybridized carbons (Fsp3) is 0.188. The van der Waals surface area contributed by atoms with Crippen LogP contribution in [0.25, 0.3) is 11.0 Å². The van der Waals surface area contributed by atoms with Gasteiger partial charge in [0.2, 0.25) is 0 Å². The van der Waals surface area contributed by atoms with E-state index in [0.29, 0.717) is 23.0 Å². The quantitative estimate of drug-likeness (QED) is 0.596. The van der Waals surface area contributed by atoms with Gasteiger partial charge in [0.1, 0.15) is 12.4 Å². The lowest BCUT2D eigenvalue weighted by atomic mass is 10.2. The minimum atomic E-state index is 0.467. The monoisotopic (exact) mass is 365 g/mol. The average molecular weight is 367 g/mol. The third kappa shape index (κ3) is 3.22. The summed E-state index contributed by atoms with van der Waals surface area (Å²) in [5, 5.41) is 6.40. The van der Waals surface area contributed by atoms with Crippen molar-refractivity contribution in [3.63, 3.8) is 0 Å². The number of benzene rings is 2. The topological polar surface area (TPSA) is 35.3 Å². The lowest BCUT2D eigenvalue weighted by Crippen LogP contribution is -1.95. The zero-order chi connectivity index (χ0) is 14.7. The maximum absolute atomic E-state index is 6.29. The highest BCUT2D eigenvalue weighted by molar-refractivity contribution is 9.09. The summed E-state index contributed by atoms with van der Waals surface area (Å²) in [6.07, 6.45) is 0.799. The summed E-state index contributed by atoms with van der Waals surface area (Å²) in [7, 11) is 0. The number of halogens is 2. The fourth-order valence-corrected chi connectivity index (χ4v) is 2.70. The van der Waals surface area contributed by atoms with Crippen LogP contribution < -0.4 is 4.74 Å². The summed E-state index contributed by atoms with van der Waals surface area (Å²) in [4.78, 5) is 0. The number of rotatable bonds is 5. The number of ether oxygens (including phenoxy) is 1. The second kappa shape index (κ2) is 6.50. The van der Waals surface area contributed by atoms with Crippen molar-refractivity contribution in [1.29, 1.82) is 0 Å². The second-order valence-electron chi connectivity index (χ2n) is 4.62. The highest BCUT2D eigenvalue weighted by atomic mass is 79.9. The molecule has 108 valence electrons. The van der Waals surface area contributed by atoms with Gasteiger partial charge in [-0.05, 0) is 11.6 Å². The highest BCUT2D eigenvalue weighted by Gasteiger charge is 2.12. The summed E-state index contributed by atoms with van der Waals surface area (Å²) in [5.74, 6) is 0.606. The molecule has 0 aliphatic carbocycles. The van der Waals surface area contributed by atoms with Gasteiger partial charge in [0, 0.05) is 23.2 Å². The minimum absolute atomic E-state index is 0.467. The van der Waals surface area contributed by atoms with E-state index in [2.05, 4.69) is 21.1 Å². The standard InChI is InChI=1S/C16H13BrClNO2/c17-7-6-14-12-8-13(18)16(9-15(12)21-19-14)20-10-11-4-2-1-3-5-11/h1-5,8-9H,6-7,10H2. The summed E-state index contributed by atoms with van der Waals surface area (Å²) in [6, 6.07) is 13.6. The number of nitrogens with zero attached hydrogens (tertiary/aromatic N) is 1. The van der Waals surface area contributed by atoms with Crippen molar-refractivity contribution < 1.29 is 9.26 Å². The molecule has 5 heteroatoms. The lowest BCUT2D eigenvalue weighted by Gasteiger charge is -2.08. The first kappa shape index (κ1) is 14.4. The van der Waals surface area contributed by atoms with Crippen LogP contribution in [0.4, 0.5) is 0 Å². The summed E-state index contributed by atoms with van der Waals surface area (Å²) < 4.78 is 11.1. The molecule has 0 N–H and O–H groups in total. The van der Waals surface area contributed by atoms with Crippen LogP contribution in [-0.2, 0) is 13.0 Å². The zero-order valence-corrected chi connectivity index (χ0v) is 13.5. The number of hydrogen-bond donors (Lipinski definition) is 0. The zero-order valence-electron chi connectivity index (χ0n) is 11.2. The van der Waals surface area contributed by atoms with Gasteiger partial charge in [-0.1, -0.05) is 63.0 Å². The van der Waals surface area contributed by atoms with Crippen molar-refractivity contribution in [1.82, 2.24) is 5.16 Å². The molecule has 0 amide bonds. The van der Waals surface area contributed by atoms with E-state index >= 15 is 0 Å². The van der Waals surface area contributed by atoms with Crippen LogP contribution in [0.2, 0.25) is 5.02 Å². The third-order valence-corrected chi connectivity index (χ3v) is 3.86. The van der Waals surface area contributed by atoms with E-state index in [-0.39, 0.29) is 0 Å². The molecule has 0 bridgehead atoms. The Labute approximate surface area is 136 Å². The molecule has 0 saturated carbocycles. The van der Waals surface area contributed by atoms with E-state index in [1.165, 1.54) is 0 Å². The molecule has 0 saturated heterocycles. The van der Waals surface area contributed by atoms with Crippen molar-refractivity contribution in [2.24, 2.45) is 0 Å². The first-order valence-electron chi connectivity index (χ1n) is 6.58. The van der Waals surface area contributed by atoms with Crippen LogP contribution in [0.1, 0.15) is 11.3 Å². The summed E-state index contributed by atoms with van der Waals surface area (Å²) >= 11 is 9.69. The fourth-order valence-electron chi connectivity index (χ4n) is 2.10. The van der Waals surface area contributed by atoms with E-state index in [1.54, 1.807) is 6.07 Å². The molecule has 0 aliphatic heterocycles. The van der Waals surface area contributed by atoms with Gasteiger partial charge in [0.05, 0.1) is 10.7 Å². The van der Waals surface area contributed by atoms with Gasteiger partial charge in [-0.3, -0.25) is 0 Å². The molecule has 0 fully saturated rings. The van der Waals surface area contributed by atoms with Crippen LogP contribution in [0, 0.1) is 0 Å². The SMILES string of the molecule is Clc1cc2c(CCBr)noc2cc1OCc1ccccc1. The molecule has 0 unspecified atom stereocenters. The Kier molecular flexibility index (Phi) is 4.46. The van der Waals surface area contributed by atoms with Gasteiger partial charge in [0.25, 0.3) is 0 Å². The van der Waals surface area contributed by atoms with Crippen molar-refractivity contribution in [3.05, 3.63) is 58.7 Å². The van der Waals surface area contributed by atoms with E-state index in [9.17, 15) is 0 Å². The maximum atomic E-state index is 6.29. The van der Waals surface area contributed by atoms with Crippen LogP contribution in [-0.4, -0.2) is 10.5 Å². The summed E-state index contributed by atoms with van der Waals surface area (Å²) in [5.41, 5.74) is 2.68. The van der Waals surface area contributed by atoms with E-state index in [0.717, 1.165) is 28.4 Å². The number of alkyl halides is 1. The number of hydrogen-bond acceptors (Lipinski definition) is 3. The molecule has 0 spiro atoms. The minimum Gasteiger partial charge on any atom is -0.487 e. The first-order chi connectivity index (χ1) is 10.3. The first-order valence-corrected chi connectivity index (χ1v) is 8.08. The Bertz CT molecular complexity index is 743. The molecule has 3 nitrogen and oxygen atoms in total. The maximum Gasteiger partial charge on any atom is 0.170 e. The van der Waals surface area contributed by atoms with Crippen molar-refractivity contribution in [2.75, 3.05) is 5.33 Å². The molecular formula is C16H13BrClNO2. The second-order valence-corrected chi connectivity index (χ2v) is 5.82. The molecule has 2 aromatic carbocycles. The summed E-state index contributed by atoms with van der Waals surface area (Å²) in [6.45, 7) is 0.467. The molecule has 0 aliphatic rings. The van der Waals surface area contributed by atoms with Crippen LogP contribution in [0.15, 0.2) is 47.0 Å².